The first kappa shape index (κ1) is 22.7. The van der Waals surface area contributed by atoms with Crippen molar-refractivity contribution in [3.05, 3.63) is 60.8 Å². The van der Waals surface area contributed by atoms with Gasteiger partial charge in [0, 0.05) is 28.1 Å². The lowest BCUT2D eigenvalue weighted by atomic mass is 9.92. The van der Waals surface area contributed by atoms with Gasteiger partial charge in [-0.3, -0.25) is 24.4 Å². The van der Waals surface area contributed by atoms with Crippen molar-refractivity contribution in [2.75, 3.05) is 0 Å². The van der Waals surface area contributed by atoms with Crippen LogP contribution in [0.4, 0.5) is 4.39 Å². The lowest BCUT2D eigenvalue weighted by molar-refractivity contribution is 0.0867. The second kappa shape index (κ2) is 8.03. The van der Waals surface area contributed by atoms with E-state index in [0.29, 0.717) is 34.0 Å². The topological polar surface area (TPSA) is 105 Å². The van der Waals surface area contributed by atoms with Gasteiger partial charge in [0.25, 0.3) is 0 Å². The van der Waals surface area contributed by atoms with E-state index < -0.39 is 5.82 Å². The highest BCUT2D eigenvalue weighted by Crippen LogP contribution is 2.32. The number of nitrogens with zero attached hydrogens (tertiary/aromatic N) is 5. The van der Waals surface area contributed by atoms with Crippen molar-refractivity contribution in [2.24, 2.45) is 5.41 Å². The highest BCUT2D eigenvalue weighted by molar-refractivity contribution is 7.24. The number of nitrogens with one attached hydrogen (secondary N) is 2. The number of aromatic nitrogens is 7. The van der Waals surface area contributed by atoms with Gasteiger partial charge in [0.15, 0.2) is 11.5 Å². The highest BCUT2D eigenvalue weighted by atomic mass is 32.1. The van der Waals surface area contributed by atoms with E-state index in [1.165, 1.54) is 11.3 Å². The van der Waals surface area contributed by atoms with Crippen LogP contribution in [-0.4, -0.2) is 40.6 Å². The fourth-order valence-corrected chi connectivity index (χ4v) is 5.96. The number of H-pyrrole nitrogens is 2. The van der Waals surface area contributed by atoms with E-state index in [4.69, 9.17) is 4.98 Å². The largest absolute Gasteiger partial charge is 0.337 e. The maximum absolute atomic E-state index is 16.1. The molecule has 0 saturated heterocycles. The lowest BCUT2D eigenvalue weighted by Gasteiger charge is -2.18. The molecule has 0 radical (unpaired) electrons. The number of rotatable bonds is 1. The summed E-state index contributed by atoms with van der Waals surface area (Å²) in [7, 11) is 0. The predicted molar refractivity (Wildman–Crippen MR) is 150 cm³/mol. The molecule has 7 aromatic rings. The number of aromatic amines is 2. The molecule has 0 aliphatic carbocycles. The van der Waals surface area contributed by atoms with Crippen molar-refractivity contribution in [1.82, 2.24) is 34.7 Å². The number of pyridine rings is 2. The molecule has 8 nitrogen and oxygen atoms in total. The molecular weight excluding hydrogens is 501 g/mol. The predicted octanol–water partition coefficient (Wildman–Crippen LogP) is 7.04. The monoisotopic (exact) mass is 523 g/mol. The molecule has 0 spiro atoms. The second-order valence-corrected chi connectivity index (χ2v) is 11.7. The minimum atomic E-state index is -0.536. The minimum absolute atomic E-state index is 0.0737. The van der Waals surface area contributed by atoms with Crippen LogP contribution in [0.15, 0.2) is 55.0 Å². The van der Waals surface area contributed by atoms with Crippen molar-refractivity contribution >= 4 is 81.7 Å². The number of para-hydroxylation sites is 1. The van der Waals surface area contributed by atoms with Gasteiger partial charge in [-0.1, -0.05) is 32.9 Å². The fourth-order valence-electron chi connectivity index (χ4n) is 4.89. The summed E-state index contributed by atoms with van der Waals surface area (Å²) in [6.45, 7) is 6.08. The van der Waals surface area contributed by atoms with Crippen LogP contribution in [0, 0.1) is 11.2 Å². The van der Waals surface area contributed by atoms with Gasteiger partial charge in [-0.05, 0) is 29.7 Å². The van der Waals surface area contributed by atoms with E-state index in [-0.39, 0.29) is 22.2 Å². The molecule has 6 aromatic heterocycles. The normalized spacial score (nSPS) is 12.4. The third-order valence-electron chi connectivity index (χ3n) is 6.55. The number of thiophene rings is 1. The Morgan fingerprint density at radius 3 is 2.76 bits per heavy atom. The molecule has 6 heterocycles. The molecule has 7 rings (SSSR count). The summed E-state index contributed by atoms with van der Waals surface area (Å²) in [5, 5.41) is 8.92. The van der Waals surface area contributed by atoms with Crippen molar-refractivity contribution in [3.63, 3.8) is 0 Å². The van der Waals surface area contributed by atoms with Gasteiger partial charge >= 0.3 is 0 Å². The van der Waals surface area contributed by atoms with Gasteiger partial charge in [-0.15, -0.1) is 11.3 Å². The number of carbonyl (C=O) groups excluding carboxylic acids is 1. The first-order valence-electron chi connectivity index (χ1n) is 12.2. The molecule has 0 amide bonds. The van der Waals surface area contributed by atoms with Crippen LogP contribution in [0.25, 0.3) is 64.4 Å². The standard InChI is InChI=1S/C28H22FN7OS/c1-28(2,3)10-20(37)36-15-9-14(11-30-12-15)24-23(29)22-18(13-31-24)34-35-26(22)27-32-17-6-4-5-16(25(17)33-27)19-7-8-21(36)38-19/h4-9,11-13H,10H2,1-3H3,(H,32,33)(H,34,35). The van der Waals surface area contributed by atoms with Gasteiger partial charge in [-0.25, -0.2) is 9.37 Å². The smallest absolute Gasteiger partial charge is 0.232 e. The van der Waals surface area contributed by atoms with E-state index in [1.54, 1.807) is 29.2 Å². The lowest BCUT2D eigenvalue weighted by Crippen LogP contribution is -2.19. The Morgan fingerprint density at radius 2 is 1.92 bits per heavy atom. The Hall–Kier alpha value is -4.44. The Labute approximate surface area is 218 Å². The average Bonchev–Trinajstić information content (AvgIpc) is 3.61. The summed E-state index contributed by atoms with van der Waals surface area (Å²) in [6.07, 6.45) is 5.05. The molecule has 10 heteroatoms. The van der Waals surface area contributed by atoms with Crippen LogP contribution in [-0.2, 0) is 0 Å². The molecule has 0 aliphatic rings. The number of hydrogen-bond acceptors (Lipinski definition) is 6. The third-order valence-corrected chi connectivity index (χ3v) is 7.65. The third kappa shape index (κ3) is 3.52. The molecule has 0 saturated carbocycles. The summed E-state index contributed by atoms with van der Waals surface area (Å²) in [4.78, 5) is 31.4. The van der Waals surface area contributed by atoms with Crippen LogP contribution in [0.2, 0.25) is 0 Å². The summed E-state index contributed by atoms with van der Waals surface area (Å²) in [5.41, 5.74) is 3.27. The maximum atomic E-state index is 16.1. The minimum Gasteiger partial charge on any atom is -0.337 e. The average molecular weight is 524 g/mol. The zero-order valence-electron chi connectivity index (χ0n) is 20.8. The van der Waals surface area contributed by atoms with Gasteiger partial charge in [-0.2, -0.15) is 5.10 Å². The van der Waals surface area contributed by atoms with Crippen LogP contribution in [0.3, 0.4) is 0 Å². The number of carbonyl (C=O) groups is 1. The van der Waals surface area contributed by atoms with Crippen LogP contribution < -0.4 is 0 Å². The molecule has 0 unspecified atom stereocenters. The Kier molecular flexibility index (Phi) is 4.80. The number of benzene rings is 1. The zero-order valence-corrected chi connectivity index (χ0v) is 21.7. The van der Waals surface area contributed by atoms with Crippen molar-refractivity contribution in [3.8, 4) is 0 Å². The summed E-state index contributed by atoms with van der Waals surface area (Å²) >= 11 is 1.49. The highest BCUT2D eigenvalue weighted by Gasteiger charge is 2.20. The second-order valence-electron chi connectivity index (χ2n) is 10.6. The molecular formula is C28H22FN7OS. The van der Waals surface area contributed by atoms with E-state index in [2.05, 4.69) is 25.1 Å². The SMILES string of the molecule is CC(C)(C)CC(=O)n1c2cncc(c2)c2ncc3[nH]nc(c4nc5c(cccc5c5ccc1s5)[nH]4)c3c2F. The molecule has 188 valence electrons. The quantitative estimate of drug-likeness (QED) is 0.240. The number of imidazole rings is 1. The first-order chi connectivity index (χ1) is 18.3. The number of halogens is 1. The fraction of sp³-hybridized carbons (Fsp3) is 0.179. The van der Waals surface area contributed by atoms with E-state index in [0.717, 1.165) is 25.9 Å². The van der Waals surface area contributed by atoms with Crippen molar-refractivity contribution < 1.29 is 9.18 Å². The van der Waals surface area contributed by atoms with E-state index in [1.807, 2.05) is 51.1 Å². The van der Waals surface area contributed by atoms with Crippen LogP contribution in [0.1, 0.15) is 32.0 Å². The molecule has 0 atom stereocenters. The Morgan fingerprint density at radius 1 is 1.05 bits per heavy atom. The van der Waals surface area contributed by atoms with Crippen LogP contribution >= 0.6 is 11.3 Å². The Balaban J connectivity index is 1.74. The zero-order chi connectivity index (χ0) is 26.2. The van der Waals surface area contributed by atoms with E-state index >= 15 is 4.39 Å². The summed E-state index contributed by atoms with van der Waals surface area (Å²) in [6, 6.07) is 11.6. The van der Waals surface area contributed by atoms with E-state index in [9.17, 15) is 4.79 Å². The first-order valence-corrected chi connectivity index (χ1v) is 13.0. The van der Waals surface area contributed by atoms with Gasteiger partial charge in [0.2, 0.25) is 5.91 Å². The number of hydrogen-bond donors (Lipinski definition) is 2. The van der Waals surface area contributed by atoms with Gasteiger partial charge in [0.05, 0.1) is 39.8 Å². The van der Waals surface area contributed by atoms with Gasteiger partial charge in [0.1, 0.15) is 15.9 Å². The van der Waals surface area contributed by atoms with Crippen molar-refractivity contribution in [1.29, 1.82) is 0 Å². The van der Waals surface area contributed by atoms with Crippen molar-refractivity contribution in [2.45, 2.75) is 27.2 Å². The molecule has 0 fully saturated rings. The van der Waals surface area contributed by atoms with Gasteiger partial charge < -0.3 is 4.98 Å². The molecule has 1 aromatic carbocycles. The molecule has 38 heavy (non-hydrogen) atoms. The summed E-state index contributed by atoms with van der Waals surface area (Å²) in [5.74, 6) is -0.610. The maximum Gasteiger partial charge on any atom is 0.232 e. The number of fused-ring (bicyclic) bond motifs is 9. The molecule has 0 aliphatic heterocycles. The molecule has 2 N–H and O–H groups in total. The van der Waals surface area contributed by atoms with Crippen LogP contribution in [0.5, 0.6) is 0 Å². The molecule has 8 bridgehead atoms. The summed E-state index contributed by atoms with van der Waals surface area (Å²) < 4.78 is 18.8. The Bertz CT molecular complexity index is 2140.